The molecule has 1 aromatic heterocycles. The fourth-order valence-corrected chi connectivity index (χ4v) is 3.33. The zero-order valence-electron chi connectivity index (χ0n) is 11.5. The lowest BCUT2D eigenvalue weighted by molar-refractivity contribution is 0.438. The van der Waals surface area contributed by atoms with E-state index in [9.17, 15) is 0 Å². The molecule has 2 fully saturated rings. The maximum Gasteiger partial charge on any atom is 0.127 e. The molecular formula is C15H25N3. The topological polar surface area (TPSA) is 43.8 Å². The summed E-state index contributed by atoms with van der Waals surface area (Å²) < 4.78 is 2.35. The molecule has 2 aliphatic rings. The highest BCUT2D eigenvalue weighted by atomic mass is 15.2. The van der Waals surface area contributed by atoms with Gasteiger partial charge in [0, 0.05) is 18.4 Å². The van der Waals surface area contributed by atoms with Crippen LogP contribution in [-0.4, -0.2) is 9.55 Å². The molecule has 0 atom stereocenters. The minimum absolute atomic E-state index is 0.634. The van der Waals surface area contributed by atoms with Gasteiger partial charge in [-0.3, -0.25) is 0 Å². The van der Waals surface area contributed by atoms with E-state index >= 15 is 0 Å². The lowest BCUT2D eigenvalue weighted by Crippen LogP contribution is -2.09. The Labute approximate surface area is 110 Å². The van der Waals surface area contributed by atoms with Crippen molar-refractivity contribution in [2.45, 2.75) is 76.7 Å². The van der Waals surface area contributed by atoms with Crippen LogP contribution in [0, 0.1) is 0 Å². The molecule has 2 saturated carbocycles. The summed E-state index contributed by atoms with van der Waals surface area (Å²) in [4.78, 5) is 4.92. The second-order valence-electron chi connectivity index (χ2n) is 5.98. The molecule has 2 aliphatic carbocycles. The molecule has 0 saturated heterocycles. The lowest BCUT2D eigenvalue weighted by atomic mass is 9.87. The van der Waals surface area contributed by atoms with Crippen LogP contribution in [0.25, 0.3) is 0 Å². The fraction of sp³-hybridized carbons (Fsp3) is 0.800. The summed E-state index contributed by atoms with van der Waals surface area (Å²) in [6, 6.07) is 0.663. The van der Waals surface area contributed by atoms with Crippen molar-refractivity contribution in [1.82, 2.24) is 9.55 Å². The van der Waals surface area contributed by atoms with Crippen LogP contribution in [-0.2, 0) is 6.42 Å². The van der Waals surface area contributed by atoms with Gasteiger partial charge >= 0.3 is 0 Å². The first-order valence-corrected chi connectivity index (χ1v) is 7.67. The SMILES string of the molecule is CCCc1nc(C2CCCCC2)c(N)n1C1CC1. The average Bonchev–Trinajstić information content (AvgIpc) is 3.17. The Hall–Kier alpha value is -0.990. The molecule has 0 aliphatic heterocycles. The van der Waals surface area contributed by atoms with Crippen LogP contribution >= 0.6 is 0 Å². The highest BCUT2D eigenvalue weighted by Crippen LogP contribution is 2.42. The first kappa shape index (κ1) is 12.1. The predicted octanol–water partition coefficient (Wildman–Crippen LogP) is 3.80. The molecule has 3 heteroatoms. The van der Waals surface area contributed by atoms with Crippen LogP contribution in [0.3, 0.4) is 0 Å². The highest BCUT2D eigenvalue weighted by molar-refractivity contribution is 5.42. The smallest absolute Gasteiger partial charge is 0.127 e. The first-order chi connectivity index (χ1) is 8.81. The number of nitrogens with zero attached hydrogens (tertiary/aromatic N) is 2. The third kappa shape index (κ3) is 2.15. The molecule has 0 bridgehead atoms. The standard InChI is InChI=1S/C15H25N3/c1-2-6-13-17-14(11-7-4-3-5-8-11)15(16)18(13)12-9-10-12/h11-12H,2-10,16H2,1H3. The Bertz CT molecular complexity index is 412. The normalized spacial score (nSPS) is 21.4. The van der Waals surface area contributed by atoms with Gasteiger partial charge in [-0.25, -0.2) is 4.98 Å². The van der Waals surface area contributed by atoms with Crippen molar-refractivity contribution in [2.24, 2.45) is 0 Å². The van der Waals surface area contributed by atoms with Crippen molar-refractivity contribution in [3.63, 3.8) is 0 Å². The maximum absolute atomic E-state index is 6.41. The van der Waals surface area contributed by atoms with E-state index in [0.717, 1.165) is 18.7 Å². The summed E-state index contributed by atoms with van der Waals surface area (Å²) in [5.41, 5.74) is 7.63. The quantitative estimate of drug-likeness (QED) is 0.879. The second-order valence-corrected chi connectivity index (χ2v) is 5.98. The Morgan fingerprint density at radius 1 is 1.17 bits per heavy atom. The van der Waals surface area contributed by atoms with Crippen LogP contribution in [0.5, 0.6) is 0 Å². The molecule has 100 valence electrons. The van der Waals surface area contributed by atoms with E-state index in [-0.39, 0.29) is 0 Å². The molecule has 1 heterocycles. The molecule has 2 N–H and O–H groups in total. The van der Waals surface area contributed by atoms with Gasteiger partial charge in [-0.15, -0.1) is 0 Å². The Morgan fingerprint density at radius 2 is 1.89 bits per heavy atom. The number of rotatable bonds is 4. The highest BCUT2D eigenvalue weighted by Gasteiger charge is 2.31. The number of nitrogen functional groups attached to an aromatic ring is 1. The van der Waals surface area contributed by atoms with Gasteiger partial charge in [0.15, 0.2) is 0 Å². The van der Waals surface area contributed by atoms with Gasteiger partial charge in [0.1, 0.15) is 11.6 Å². The Morgan fingerprint density at radius 3 is 2.50 bits per heavy atom. The van der Waals surface area contributed by atoms with Crippen molar-refractivity contribution in [1.29, 1.82) is 0 Å². The van der Waals surface area contributed by atoms with Crippen LogP contribution in [0.15, 0.2) is 0 Å². The van der Waals surface area contributed by atoms with E-state index in [1.807, 2.05) is 0 Å². The zero-order valence-corrected chi connectivity index (χ0v) is 11.5. The fourth-order valence-electron chi connectivity index (χ4n) is 3.33. The summed E-state index contributed by atoms with van der Waals surface area (Å²) in [5.74, 6) is 2.88. The molecule has 3 nitrogen and oxygen atoms in total. The molecule has 3 rings (SSSR count). The number of aryl methyl sites for hydroxylation is 1. The molecule has 0 unspecified atom stereocenters. The van der Waals surface area contributed by atoms with Crippen molar-refractivity contribution in [3.8, 4) is 0 Å². The average molecular weight is 247 g/mol. The minimum atomic E-state index is 0.634. The molecule has 0 amide bonds. The van der Waals surface area contributed by atoms with Crippen LogP contribution in [0.1, 0.15) is 81.8 Å². The molecular weight excluding hydrogens is 222 g/mol. The van der Waals surface area contributed by atoms with E-state index in [0.29, 0.717) is 12.0 Å². The summed E-state index contributed by atoms with van der Waals surface area (Å²) in [5, 5.41) is 0. The lowest BCUT2D eigenvalue weighted by Gasteiger charge is -2.20. The van der Waals surface area contributed by atoms with Gasteiger partial charge in [0.05, 0.1) is 5.69 Å². The van der Waals surface area contributed by atoms with Gasteiger partial charge in [-0.2, -0.15) is 0 Å². The van der Waals surface area contributed by atoms with Crippen molar-refractivity contribution < 1.29 is 0 Å². The largest absolute Gasteiger partial charge is 0.384 e. The second kappa shape index (κ2) is 4.94. The number of hydrogen-bond donors (Lipinski definition) is 1. The summed E-state index contributed by atoms with van der Waals surface area (Å²) >= 11 is 0. The zero-order chi connectivity index (χ0) is 12.5. The maximum atomic E-state index is 6.41. The van der Waals surface area contributed by atoms with Gasteiger partial charge in [0.25, 0.3) is 0 Å². The summed E-state index contributed by atoms with van der Waals surface area (Å²) in [7, 11) is 0. The molecule has 0 aromatic carbocycles. The molecule has 18 heavy (non-hydrogen) atoms. The van der Waals surface area contributed by atoms with Gasteiger partial charge in [-0.1, -0.05) is 26.2 Å². The van der Waals surface area contributed by atoms with Crippen molar-refractivity contribution in [2.75, 3.05) is 5.73 Å². The molecule has 1 aromatic rings. The first-order valence-electron chi connectivity index (χ1n) is 7.67. The number of anilines is 1. The van der Waals surface area contributed by atoms with E-state index in [2.05, 4.69) is 11.5 Å². The van der Waals surface area contributed by atoms with Crippen LogP contribution < -0.4 is 5.73 Å². The third-order valence-electron chi connectivity index (χ3n) is 4.43. The van der Waals surface area contributed by atoms with Crippen LogP contribution in [0.4, 0.5) is 5.82 Å². The van der Waals surface area contributed by atoms with E-state index in [4.69, 9.17) is 10.7 Å². The van der Waals surface area contributed by atoms with Crippen molar-refractivity contribution in [3.05, 3.63) is 11.5 Å². The van der Waals surface area contributed by atoms with E-state index in [1.165, 1.54) is 56.5 Å². The van der Waals surface area contributed by atoms with Gasteiger partial charge < -0.3 is 10.3 Å². The van der Waals surface area contributed by atoms with Crippen LogP contribution in [0.2, 0.25) is 0 Å². The number of imidazole rings is 1. The number of nitrogens with two attached hydrogens (primary N) is 1. The summed E-state index contributed by atoms with van der Waals surface area (Å²) in [6.07, 6.45) is 11.5. The van der Waals surface area contributed by atoms with E-state index < -0.39 is 0 Å². The number of hydrogen-bond acceptors (Lipinski definition) is 2. The minimum Gasteiger partial charge on any atom is -0.384 e. The van der Waals surface area contributed by atoms with Crippen molar-refractivity contribution >= 4 is 5.82 Å². The predicted molar refractivity (Wildman–Crippen MR) is 74.7 cm³/mol. The summed E-state index contributed by atoms with van der Waals surface area (Å²) in [6.45, 7) is 2.22. The Kier molecular flexibility index (Phi) is 3.31. The Balaban J connectivity index is 1.91. The number of aromatic nitrogens is 2. The molecule has 0 radical (unpaired) electrons. The third-order valence-corrected chi connectivity index (χ3v) is 4.43. The van der Waals surface area contributed by atoms with Gasteiger partial charge in [-0.05, 0) is 32.1 Å². The van der Waals surface area contributed by atoms with Gasteiger partial charge in [0.2, 0.25) is 0 Å². The van der Waals surface area contributed by atoms with E-state index in [1.54, 1.807) is 0 Å². The monoisotopic (exact) mass is 247 g/mol. The molecule has 0 spiro atoms.